The van der Waals surface area contributed by atoms with Gasteiger partial charge in [-0.15, -0.1) is 0 Å². The van der Waals surface area contributed by atoms with Crippen molar-refractivity contribution in [2.45, 2.75) is 12.5 Å². The van der Waals surface area contributed by atoms with Crippen LogP contribution in [0.1, 0.15) is 17.4 Å². The molecular formula is C13H10ClF2NO. The molecule has 1 unspecified atom stereocenters. The molecule has 2 aromatic rings. The Morgan fingerprint density at radius 1 is 1.22 bits per heavy atom. The van der Waals surface area contributed by atoms with E-state index < -0.39 is 17.7 Å². The second-order valence-corrected chi connectivity index (χ2v) is 4.25. The maximum Gasteiger partial charge on any atom is 0.147 e. The van der Waals surface area contributed by atoms with Gasteiger partial charge in [0, 0.05) is 12.6 Å². The number of aromatic nitrogens is 1. The molecule has 94 valence electrons. The highest BCUT2D eigenvalue weighted by Crippen LogP contribution is 2.21. The van der Waals surface area contributed by atoms with Gasteiger partial charge < -0.3 is 5.11 Å². The molecule has 0 amide bonds. The van der Waals surface area contributed by atoms with E-state index in [1.54, 1.807) is 6.07 Å². The highest BCUT2D eigenvalue weighted by molar-refractivity contribution is 6.30. The third-order valence-corrected chi connectivity index (χ3v) is 2.82. The van der Waals surface area contributed by atoms with Gasteiger partial charge in [0.05, 0.1) is 5.02 Å². The quantitative estimate of drug-likeness (QED) is 0.927. The summed E-state index contributed by atoms with van der Waals surface area (Å²) in [6.07, 6.45) is 0.346. The van der Waals surface area contributed by atoms with Crippen LogP contribution in [0, 0.1) is 11.6 Å². The number of halogens is 3. The van der Waals surface area contributed by atoms with Crippen LogP contribution in [0.3, 0.4) is 0 Å². The Morgan fingerprint density at radius 2 is 2.00 bits per heavy atom. The summed E-state index contributed by atoms with van der Waals surface area (Å²) >= 11 is 5.55. The lowest BCUT2D eigenvalue weighted by molar-refractivity contribution is 0.168. The van der Waals surface area contributed by atoms with Gasteiger partial charge in [0.2, 0.25) is 0 Å². The van der Waals surface area contributed by atoms with E-state index in [0.717, 1.165) is 0 Å². The average molecular weight is 270 g/mol. The fourth-order valence-electron chi connectivity index (χ4n) is 1.63. The second-order valence-electron chi connectivity index (χ2n) is 3.84. The molecule has 0 saturated heterocycles. The van der Waals surface area contributed by atoms with E-state index in [1.807, 2.05) is 0 Å². The molecule has 5 heteroatoms. The molecule has 2 nitrogen and oxygen atoms in total. The number of pyridine rings is 1. The first kappa shape index (κ1) is 12.9. The highest BCUT2D eigenvalue weighted by atomic mass is 35.5. The van der Waals surface area contributed by atoms with Gasteiger partial charge in [-0.25, -0.2) is 8.78 Å². The molecule has 1 heterocycles. The zero-order valence-electron chi connectivity index (χ0n) is 9.28. The Morgan fingerprint density at radius 3 is 2.67 bits per heavy atom. The largest absolute Gasteiger partial charge is 0.386 e. The van der Waals surface area contributed by atoms with Gasteiger partial charge in [-0.2, -0.15) is 0 Å². The lowest BCUT2D eigenvalue weighted by Crippen LogP contribution is -2.06. The Labute approximate surface area is 108 Å². The molecule has 0 aliphatic heterocycles. The molecule has 1 atom stereocenters. The van der Waals surface area contributed by atoms with Crippen molar-refractivity contribution in [2.75, 3.05) is 0 Å². The monoisotopic (exact) mass is 269 g/mol. The average Bonchev–Trinajstić information content (AvgIpc) is 2.34. The summed E-state index contributed by atoms with van der Waals surface area (Å²) in [4.78, 5) is 3.77. The zero-order valence-corrected chi connectivity index (χ0v) is 10.0. The lowest BCUT2D eigenvalue weighted by Gasteiger charge is -2.11. The van der Waals surface area contributed by atoms with E-state index >= 15 is 0 Å². The van der Waals surface area contributed by atoms with E-state index in [-0.39, 0.29) is 17.1 Å². The van der Waals surface area contributed by atoms with Crippen molar-refractivity contribution < 1.29 is 13.9 Å². The van der Waals surface area contributed by atoms with Crippen LogP contribution in [-0.2, 0) is 6.42 Å². The smallest absolute Gasteiger partial charge is 0.147 e. The zero-order chi connectivity index (χ0) is 13.1. The molecule has 0 fully saturated rings. The van der Waals surface area contributed by atoms with Crippen molar-refractivity contribution in [3.63, 3.8) is 0 Å². The van der Waals surface area contributed by atoms with Crippen LogP contribution < -0.4 is 0 Å². The van der Waals surface area contributed by atoms with Crippen LogP contribution in [0.4, 0.5) is 8.78 Å². The van der Waals surface area contributed by atoms with Crippen molar-refractivity contribution in [3.8, 4) is 0 Å². The predicted molar refractivity (Wildman–Crippen MR) is 64.3 cm³/mol. The summed E-state index contributed by atoms with van der Waals surface area (Å²) in [5.41, 5.74) is 0.474. The second kappa shape index (κ2) is 5.42. The minimum absolute atomic E-state index is 0.0113. The molecule has 1 aromatic heterocycles. The predicted octanol–water partition coefficient (Wildman–Crippen LogP) is 3.29. The maximum absolute atomic E-state index is 13.4. The Kier molecular flexibility index (Phi) is 3.89. The SMILES string of the molecule is OC(Cc1ccc(Cl)c(F)c1)c1ncccc1F. The van der Waals surface area contributed by atoms with Crippen LogP contribution in [0.5, 0.6) is 0 Å². The summed E-state index contributed by atoms with van der Waals surface area (Å²) in [6, 6.07) is 6.84. The maximum atomic E-state index is 13.4. The first-order valence-corrected chi connectivity index (χ1v) is 5.68. The van der Waals surface area contributed by atoms with Crippen molar-refractivity contribution in [1.82, 2.24) is 4.98 Å². The van der Waals surface area contributed by atoms with Crippen LogP contribution in [-0.4, -0.2) is 10.1 Å². The first-order valence-electron chi connectivity index (χ1n) is 5.30. The third kappa shape index (κ3) is 2.83. The standard InChI is InChI=1S/C13H10ClF2NO/c14-9-4-3-8(6-11(9)16)7-12(18)13-10(15)2-1-5-17-13/h1-6,12,18H,7H2. The minimum atomic E-state index is -1.12. The highest BCUT2D eigenvalue weighted by Gasteiger charge is 2.15. The molecule has 0 spiro atoms. The van der Waals surface area contributed by atoms with E-state index in [9.17, 15) is 13.9 Å². The summed E-state index contributed by atoms with van der Waals surface area (Å²) in [7, 11) is 0. The van der Waals surface area contributed by atoms with Gasteiger partial charge >= 0.3 is 0 Å². The number of nitrogens with zero attached hydrogens (tertiary/aromatic N) is 1. The molecule has 1 aromatic carbocycles. The van der Waals surface area contributed by atoms with E-state index in [1.165, 1.54) is 30.5 Å². The number of aliphatic hydroxyl groups is 1. The van der Waals surface area contributed by atoms with E-state index in [0.29, 0.717) is 5.56 Å². The van der Waals surface area contributed by atoms with Crippen molar-refractivity contribution in [3.05, 3.63) is 64.4 Å². The molecule has 18 heavy (non-hydrogen) atoms. The minimum Gasteiger partial charge on any atom is -0.386 e. The fraction of sp³-hybridized carbons (Fsp3) is 0.154. The third-order valence-electron chi connectivity index (χ3n) is 2.52. The van der Waals surface area contributed by atoms with Gasteiger partial charge in [0.15, 0.2) is 0 Å². The topological polar surface area (TPSA) is 33.1 Å². The number of aliphatic hydroxyl groups excluding tert-OH is 1. The van der Waals surface area contributed by atoms with Gasteiger partial charge in [-0.3, -0.25) is 4.98 Å². The Balaban J connectivity index is 2.19. The Bertz CT molecular complexity index is 562. The van der Waals surface area contributed by atoms with Gasteiger partial charge in [-0.1, -0.05) is 17.7 Å². The normalized spacial score (nSPS) is 12.4. The summed E-state index contributed by atoms with van der Waals surface area (Å²) < 4.78 is 26.6. The Hall–Kier alpha value is -1.52. The number of hydrogen-bond acceptors (Lipinski definition) is 2. The number of rotatable bonds is 3. The first-order chi connectivity index (χ1) is 8.58. The molecule has 0 aliphatic rings. The fourth-order valence-corrected chi connectivity index (χ4v) is 1.75. The summed E-state index contributed by atoms with van der Waals surface area (Å²) in [6.45, 7) is 0. The van der Waals surface area contributed by atoms with Gasteiger partial charge in [0.25, 0.3) is 0 Å². The molecule has 2 rings (SSSR count). The van der Waals surface area contributed by atoms with Crippen LogP contribution >= 0.6 is 11.6 Å². The molecule has 0 saturated carbocycles. The van der Waals surface area contributed by atoms with E-state index in [4.69, 9.17) is 11.6 Å². The molecule has 0 bridgehead atoms. The van der Waals surface area contributed by atoms with Crippen molar-refractivity contribution in [2.24, 2.45) is 0 Å². The van der Waals surface area contributed by atoms with Crippen LogP contribution in [0.2, 0.25) is 5.02 Å². The van der Waals surface area contributed by atoms with Crippen molar-refractivity contribution in [1.29, 1.82) is 0 Å². The summed E-state index contributed by atoms with van der Waals surface area (Å²) in [5.74, 6) is -1.15. The molecule has 0 aliphatic carbocycles. The number of hydrogen-bond donors (Lipinski definition) is 1. The van der Waals surface area contributed by atoms with Gasteiger partial charge in [-0.05, 0) is 29.8 Å². The van der Waals surface area contributed by atoms with Crippen molar-refractivity contribution >= 4 is 11.6 Å². The van der Waals surface area contributed by atoms with Crippen LogP contribution in [0.25, 0.3) is 0 Å². The molecular weight excluding hydrogens is 260 g/mol. The number of benzene rings is 1. The van der Waals surface area contributed by atoms with E-state index in [2.05, 4.69) is 4.98 Å². The lowest BCUT2D eigenvalue weighted by atomic mass is 10.0. The summed E-state index contributed by atoms with van der Waals surface area (Å²) in [5, 5.41) is 9.87. The molecule has 1 N–H and O–H groups in total. The van der Waals surface area contributed by atoms with Crippen LogP contribution in [0.15, 0.2) is 36.5 Å². The molecule has 0 radical (unpaired) electrons. The van der Waals surface area contributed by atoms with Gasteiger partial charge in [0.1, 0.15) is 23.4 Å².